The van der Waals surface area contributed by atoms with Crippen LogP contribution in [-0.2, 0) is 4.79 Å². The van der Waals surface area contributed by atoms with Crippen molar-refractivity contribution in [3.63, 3.8) is 0 Å². The van der Waals surface area contributed by atoms with Crippen LogP contribution in [0.2, 0.25) is 0 Å². The first-order chi connectivity index (χ1) is 13.1. The molecule has 27 heavy (non-hydrogen) atoms. The van der Waals surface area contributed by atoms with Crippen molar-refractivity contribution in [1.29, 1.82) is 0 Å². The third-order valence-electron chi connectivity index (χ3n) is 4.33. The predicted molar refractivity (Wildman–Crippen MR) is 99.4 cm³/mol. The van der Waals surface area contributed by atoms with Crippen molar-refractivity contribution < 1.29 is 19.1 Å². The monoisotopic (exact) mass is 371 g/mol. The lowest BCUT2D eigenvalue weighted by Crippen LogP contribution is -2.46. The summed E-state index contributed by atoms with van der Waals surface area (Å²) in [6, 6.07) is 8.49. The number of hydrogen-bond acceptors (Lipinski definition) is 7. The van der Waals surface area contributed by atoms with Gasteiger partial charge in [-0.05, 0) is 24.3 Å². The third kappa shape index (κ3) is 4.25. The van der Waals surface area contributed by atoms with Crippen LogP contribution < -0.4 is 19.7 Å². The highest BCUT2D eigenvalue weighted by molar-refractivity contribution is 6.03. The third-order valence-corrected chi connectivity index (χ3v) is 4.33. The first-order valence-corrected chi connectivity index (χ1v) is 8.46. The van der Waals surface area contributed by atoms with Crippen molar-refractivity contribution >= 4 is 23.8 Å². The number of hydrogen-bond donors (Lipinski definition) is 1. The molecule has 0 bridgehead atoms. The summed E-state index contributed by atoms with van der Waals surface area (Å²) >= 11 is 0. The normalized spacial score (nSPS) is 13.9. The molecule has 1 saturated heterocycles. The Morgan fingerprint density at radius 3 is 2.44 bits per heavy atom. The van der Waals surface area contributed by atoms with E-state index >= 15 is 0 Å². The van der Waals surface area contributed by atoms with Crippen LogP contribution in [0.25, 0.3) is 0 Å². The molecule has 1 aliphatic rings. The fourth-order valence-corrected chi connectivity index (χ4v) is 2.76. The van der Waals surface area contributed by atoms with E-state index in [1.807, 2.05) is 4.90 Å². The lowest BCUT2D eigenvalue weighted by atomic mass is 10.2. The maximum absolute atomic E-state index is 12.4. The summed E-state index contributed by atoms with van der Waals surface area (Å²) in [5.74, 6) is 1.41. The molecule has 0 atom stereocenters. The zero-order valence-electron chi connectivity index (χ0n) is 15.2. The van der Waals surface area contributed by atoms with Crippen molar-refractivity contribution in [2.45, 2.75) is 0 Å². The van der Waals surface area contributed by atoms with Crippen molar-refractivity contribution in [2.24, 2.45) is 0 Å². The van der Waals surface area contributed by atoms with Gasteiger partial charge in [0.15, 0.2) is 11.5 Å². The van der Waals surface area contributed by atoms with E-state index in [2.05, 4.69) is 15.5 Å². The smallest absolute Gasteiger partial charge is 0.276 e. The second kappa shape index (κ2) is 8.35. The van der Waals surface area contributed by atoms with Crippen LogP contribution in [0, 0.1) is 0 Å². The number of piperazine rings is 1. The lowest BCUT2D eigenvalue weighted by molar-refractivity contribution is -0.118. The average molecular weight is 371 g/mol. The van der Waals surface area contributed by atoms with Gasteiger partial charge in [-0.2, -0.15) is 0 Å². The largest absolute Gasteiger partial charge is 0.497 e. The number of carbonyl (C=O) groups is 2. The Balaban J connectivity index is 1.67. The SMILES string of the molecule is COc1ccc(NC(=O)c2ccc(N3CCN(C=O)CC3)nn2)c(OC)c1. The van der Waals surface area contributed by atoms with E-state index in [-0.39, 0.29) is 11.6 Å². The molecular formula is C18H21N5O4. The van der Waals surface area contributed by atoms with Crippen molar-refractivity contribution in [3.05, 3.63) is 36.0 Å². The highest BCUT2D eigenvalue weighted by Gasteiger charge is 2.18. The first kappa shape index (κ1) is 18.4. The summed E-state index contributed by atoms with van der Waals surface area (Å²) < 4.78 is 10.4. The highest BCUT2D eigenvalue weighted by Crippen LogP contribution is 2.29. The number of carbonyl (C=O) groups excluding carboxylic acids is 2. The van der Waals surface area contributed by atoms with Gasteiger partial charge in [0.25, 0.3) is 5.91 Å². The number of nitrogens with one attached hydrogen (secondary N) is 1. The molecule has 9 nitrogen and oxygen atoms in total. The minimum Gasteiger partial charge on any atom is -0.497 e. The summed E-state index contributed by atoms with van der Waals surface area (Å²) in [5, 5.41) is 10.9. The molecule has 9 heteroatoms. The van der Waals surface area contributed by atoms with Crippen molar-refractivity contribution in [1.82, 2.24) is 15.1 Å². The van der Waals surface area contributed by atoms with E-state index in [1.54, 1.807) is 42.3 Å². The molecule has 0 spiro atoms. The Bertz CT molecular complexity index is 804. The van der Waals surface area contributed by atoms with Gasteiger partial charge < -0.3 is 24.6 Å². The van der Waals surface area contributed by atoms with Crippen LogP contribution >= 0.6 is 0 Å². The van der Waals surface area contributed by atoms with Gasteiger partial charge in [0.05, 0.1) is 19.9 Å². The number of ether oxygens (including phenoxy) is 2. The summed E-state index contributed by atoms with van der Waals surface area (Å²) in [6.45, 7) is 2.65. The van der Waals surface area contributed by atoms with E-state index in [0.29, 0.717) is 49.2 Å². The van der Waals surface area contributed by atoms with Crippen molar-refractivity contribution in [2.75, 3.05) is 50.6 Å². The molecule has 2 amide bonds. The van der Waals surface area contributed by atoms with Crippen LogP contribution in [0.3, 0.4) is 0 Å². The maximum Gasteiger partial charge on any atom is 0.276 e. The molecule has 1 aliphatic heterocycles. The molecule has 0 radical (unpaired) electrons. The number of aromatic nitrogens is 2. The number of anilines is 2. The quantitative estimate of drug-likeness (QED) is 0.757. The van der Waals surface area contributed by atoms with Gasteiger partial charge in [-0.1, -0.05) is 0 Å². The molecular weight excluding hydrogens is 350 g/mol. The summed E-state index contributed by atoms with van der Waals surface area (Å²) in [6.07, 6.45) is 0.851. The molecule has 0 saturated carbocycles. The zero-order valence-corrected chi connectivity index (χ0v) is 15.2. The number of methoxy groups -OCH3 is 2. The van der Waals surface area contributed by atoms with Crippen LogP contribution in [0.4, 0.5) is 11.5 Å². The molecule has 1 aromatic carbocycles. The van der Waals surface area contributed by atoms with Crippen LogP contribution in [0.5, 0.6) is 11.5 Å². The average Bonchev–Trinajstić information content (AvgIpc) is 2.74. The molecule has 2 aromatic rings. The van der Waals surface area contributed by atoms with E-state index in [4.69, 9.17) is 9.47 Å². The summed E-state index contributed by atoms with van der Waals surface area (Å²) in [5.41, 5.74) is 0.710. The van der Waals surface area contributed by atoms with Gasteiger partial charge >= 0.3 is 0 Å². The van der Waals surface area contributed by atoms with Gasteiger partial charge in [-0.3, -0.25) is 9.59 Å². The first-order valence-electron chi connectivity index (χ1n) is 8.46. The van der Waals surface area contributed by atoms with Gasteiger partial charge in [-0.15, -0.1) is 10.2 Å². The Morgan fingerprint density at radius 1 is 1.07 bits per heavy atom. The Hall–Kier alpha value is -3.36. The fourth-order valence-electron chi connectivity index (χ4n) is 2.76. The number of amides is 2. The molecule has 0 aliphatic carbocycles. The van der Waals surface area contributed by atoms with E-state index in [1.165, 1.54) is 7.11 Å². The minimum absolute atomic E-state index is 0.197. The molecule has 142 valence electrons. The number of benzene rings is 1. The van der Waals surface area contributed by atoms with Gasteiger partial charge in [0, 0.05) is 32.2 Å². The Kier molecular flexibility index (Phi) is 5.70. The Labute approximate surface area is 156 Å². The van der Waals surface area contributed by atoms with Crippen LogP contribution in [0.1, 0.15) is 10.5 Å². The van der Waals surface area contributed by atoms with Gasteiger partial charge in [-0.25, -0.2) is 0 Å². The molecule has 1 fully saturated rings. The van der Waals surface area contributed by atoms with E-state index in [9.17, 15) is 9.59 Å². The molecule has 0 unspecified atom stereocenters. The van der Waals surface area contributed by atoms with Crippen LogP contribution in [0.15, 0.2) is 30.3 Å². The Morgan fingerprint density at radius 2 is 1.85 bits per heavy atom. The van der Waals surface area contributed by atoms with Crippen LogP contribution in [-0.4, -0.2) is 67.8 Å². The molecule has 1 N–H and O–H groups in total. The molecule has 1 aromatic heterocycles. The number of rotatable bonds is 6. The maximum atomic E-state index is 12.4. The fraction of sp³-hybridized carbons (Fsp3) is 0.333. The van der Waals surface area contributed by atoms with E-state index < -0.39 is 0 Å². The summed E-state index contributed by atoms with van der Waals surface area (Å²) in [4.78, 5) is 27.0. The number of nitrogens with zero attached hydrogens (tertiary/aromatic N) is 4. The van der Waals surface area contributed by atoms with Gasteiger partial charge in [0.1, 0.15) is 11.5 Å². The van der Waals surface area contributed by atoms with Gasteiger partial charge in [0.2, 0.25) is 6.41 Å². The standard InChI is InChI=1S/C18H21N5O4/c1-26-13-3-4-14(16(11-13)27-2)19-18(25)15-5-6-17(21-20-15)23-9-7-22(12-24)8-10-23/h3-6,11-12H,7-10H2,1-2H3,(H,19,25). The highest BCUT2D eigenvalue weighted by atomic mass is 16.5. The van der Waals surface area contributed by atoms with Crippen molar-refractivity contribution in [3.8, 4) is 11.5 Å². The van der Waals surface area contributed by atoms with E-state index in [0.717, 1.165) is 6.41 Å². The zero-order chi connectivity index (χ0) is 19.2. The molecule has 2 heterocycles. The predicted octanol–water partition coefficient (Wildman–Crippen LogP) is 1.02. The molecule has 3 rings (SSSR count). The second-order valence-corrected chi connectivity index (χ2v) is 5.93. The topological polar surface area (TPSA) is 96.9 Å². The minimum atomic E-state index is -0.386. The second-order valence-electron chi connectivity index (χ2n) is 5.93. The lowest BCUT2D eigenvalue weighted by Gasteiger charge is -2.32. The summed E-state index contributed by atoms with van der Waals surface area (Å²) in [7, 11) is 3.08.